The van der Waals surface area contributed by atoms with Crippen molar-refractivity contribution in [3.05, 3.63) is 0 Å². The van der Waals surface area contributed by atoms with Crippen molar-refractivity contribution in [2.75, 3.05) is 0 Å². The highest BCUT2D eigenvalue weighted by atomic mass is 19.4. The van der Waals surface area contributed by atoms with Crippen molar-refractivity contribution in [2.45, 2.75) is 32.9 Å². The summed E-state index contributed by atoms with van der Waals surface area (Å²) >= 11 is 0. The van der Waals surface area contributed by atoms with Gasteiger partial charge in [-0.1, -0.05) is 0 Å². The fraction of sp³-hybridized carbons (Fsp3) is 0.625. The second kappa shape index (κ2) is 6.97. The normalized spacial score (nSPS) is 9.93. The minimum atomic E-state index is -5.08. The van der Waals surface area contributed by atoms with Crippen molar-refractivity contribution in [3.63, 3.8) is 0 Å². The zero-order valence-electron chi connectivity index (χ0n) is 8.22. The van der Waals surface area contributed by atoms with E-state index in [0.29, 0.717) is 12.8 Å². The molecule has 0 aliphatic heterocycles. The highest BCUT2D eigenvalue weighted by Gasteiger charge is 2.38. The number of carbonyl (C=O) groups is 3. The lowest BCUT2D eigenvalue weighted by molar-refractivity contribution is -0.192. The van der Waals surface area contributed by atoms with E-state index in [2.05, 4.69) is 0 Å². The summed E-state index contributed by atoms with van der Waals surface area (Å²) in [6.45, 7) is 2.98. The molecule has 0 amide bonds. The van der Waals surface area contributed by atoms with E-state index < -0.39 is 12.1 Å². The summed E-state index contributed by atoms with van der Waals surface area (Å²) in [4.78, 5) is 29.3. The molecule has 0 saturated heterocycles. The van der Waals surface area contributed by atoms with Crippen molar-refractivity contribution in [3.8, 4) is 0 Å². The van der Waals surface area contributed by atoms with Crippen LogP contribution in [0.2, 0.25) is 0 Å². The van der Waals surface area contributed by atoms with E-state index in [1.165, 1.54) is 13.8 Å². The molecule has 15 heavy (non-hydrogen) atoms. The highest BCUT2D eigenvalue weighted by Crippen LogP contribution is 2.13. The molecule has 1 N–H and O–H groups in total. The molecular formula is C8H11F3O4. The van der Waals surface area contributed by atoms with Gasteiger partial charge in [0.15, 0.2) is 0 Å². The first-order chi connectivity index (χ1) is 6.57. The van der Waals surface area contributed by atoms with Gasteiger partial charge in [-0.05, 0) is 13.8 Å². The van der Waals surface area contributed by atoms with Crippen LogP contribution in [0.5, 0.6) is 0 Å². The van der Waals surface area contributed by atoms with Crippen molar-refractivity contribution in [1.82, 2.24) is 0 Å². The highest BCUT2D eigenvalue weighted by molar-refractivity contribution is 5.83. The predicted molar refractivity (Wildman–Crippen MR) is 44.3 cm³/mol. The second-order valence-corrected chi connectivity index (χ2v) is 2.71. The minimum Gasteiger partial charge on any atom is -0.475 e. The van der Waals surface area contributed by atoms with Crippen molar-refractivity contribution < 1.29 is 32.7 Å². The van der Waals surface area contributed by atoms with Gasteiger partial charge in [-0.3, -0.25) is 0 Å². The molecule has 0 aromatic heterocycles. The number of alkyl halides is 3. The average Bonchev–Trinajstić information content (AvgIpc) is 2.00. The predicted octanol–water partition coefficient (Wildman–Crippen LogP) is 1.58. The Hall–Kier alpha value is -1.40. The molecule has 0 spiro atoms. The average molecular weight is 228 g/mol. The molecule has 0 atom stereocenters. The fourth-order valence-corrected chi connectivity index (χ4v) is 0.352. The third-order valence-corrected chi connectivity index (χ3v) is 1.07. The molecule has 0 unspecified atom stereocenters. The summed E-state index contributed by atoms with van der Waals surface area (Å²) in [6, 6.07) is 0. The Balaban J connectivity index is 0. The Labute approximate surface area is 84.1 Å². The summed E-state index contributed by atoms with van der Waals surface area (Å²) < 4.78 is 31.7. The van der Waals surface area contributed by atoms with Gasteiger partial charge in [0, 0.05) is 12.8 Å². The van der Waals surface area contributed by atoms with Crippen LogP contribution in [0, 0.1) is 0 Å². The summed E-state index contributed by atoms with van der Waals surface area (Å²) in [5.41, 5.74) is 0. The number of aliphatic carboxylic acids is 1. The van der Waals surface area contributed by atoms with Crippen LogP contribution in [0.1, 0.15) is 26.7 Å². The quantitative estimate of drug-likeness (QED) is 0.795. The maximum absolute atomic E-state index is 10.6. The van der Waals surface area contributed by atoms with Gasteiger partial charge < -0.3 is 14.7 Å². The van der Waals surface area contributed by atoms with Crippen LogP contribution in [0.3, 0.4) is 0 Å². The van der Waals surface area contributed by atoms with Crippen LogP contribution in [0.4, 0.5) is 13.2 Å². The van der Waals surface area contributed by atoms with E-state index in [1.807, 2.05) is 0 Å². The minimum absolute atomic E-state index is 0.0835. The lowest BCUT2D eigenvalue weighted by Crippen LogP contribution is -2.21. The summed E-state index contributed by atoms with van der Waals surface area (Å²) in [5.74, 6) is -2.59. The van der Waals surface area contributed by atoms with Gasteiger partial charge in [-0.15, -0.1) is 0 Å². The first kappa shape index (κ1) is 16.0. The SMILES string of the molecule is CC(=O)CCC(C)=O.O=C(O)C(F)(F)F. The molecule has 0 fully saturated rings. The van der Waals surface area contributed by atoms with Crippen LogP contribution in [-0.2, 0) is 14.4 Å². The van der Waals surface area contributed by atoms with Gasteiger partial charge in [0.2, 0.25) is 0 Å². The largest absolute Gasteiger partial charge is 0.490 e. The van der Waals surface area contributed by atoms with Gasteiger partial charge in [0.25, 0.3) is 0 Å². The second-order valence-electron chi connectivity index (χ2n) is 2.71. The lowest BCUT2D eigenvalue weighted by Gasteiger charge is -1.93. The summed E-state index contributed by atoms with van der Waals surface area (Å²) in [7, 11) is 0. The van der Waals surface area contributed by atoms with Crippen LogP contribution >= 0.6 is 0 Å². The molecule has 0 saturated carbocycles. The van der Waals surface area contributed by atoms with Gasteiger partial charge in [-0.2, -0.15) is 13.2 Å². The third kappa shape index (κ3) is 15.4. The molecule has 4 nitrogen and oxygen atoms in total. The first-order valence-corrected chi connectivity index (χ1v) is 3.86. The van der Waals surface area contributed by atoms with Crippen LogP contribution in [0.15, 0.2) is 0 Å². The zero-order chi connectivity index (χ0) is 12.6. The molecule has 7 heteroatoms. The van der Waals surface area contributed by atoms with E-state index in [9.17, 15) is 22.8 Å². The molecular weight excluding hydrogens is 217 g/mol. The van der Waals surface area contributed by atoms with E-state index in [1.54, 1.807) is 0 Å². The monoisotopic (exact) mass is 228 g/mol. The van der Waals surface area contributed by atoms with Gasteiger partial charge >= 0.3 is 12.1 Å². The summed E-state index contributed by atoms with van der Waals surface area (Å²) in [6.07, 6.45) is -4.29. The number of rotatable bonds is 3. The van der Waals surface area contributed by atoms with E-state index in [4.69, 9.17) is 9.90 Å². The van der Waals surface area contributed by atoms with Gasteiger partial charge in [-0.25, -0.2) is 4.79 Å². The van der Waals surface area contributed by atoms with Crippen LogP contribution in [0.25, 0.3) is 0 Å². The zero-order valence-corrected chi connectivity index (χ0v) is 8.22. The third-order valence-electron chi connectivity index (χ3n) is 1.07. The smallest absolute Gasteiger partial charge is 0.475 e. The molecule has 0 aliphatic rings. The summed E-state index contributed by atoms with van der Waals surface area (Å²) in [5, 5.41) is 7.12. The van der Waals surface area contributed by atoms with Gasteiger partial charge in [0.05, 0.1) is 0 Å². The number of hydrogen-bond donors (Lipinski definition) is 1. The van der Waals surface area contributed by atoms with Crippen LogP contribution in [-0.4, -0.2) is 28.8 Å². The van der Waals surface area contributed by atoms with Crippen molar-refractivity contribution >= 4 is 17.5 Å². The molecule has 88 valence electrons. The Kier molecular flexibility index (Phi) is 7.45. The molecule has 0 heterocycles. The number of carboxylic acid groups (broad SMARTS) is 1. The van der Waals surface area contributed by atoms with Crippen molar-refractivity contribution in [2.24, 2.45) is 0 Å². The molecule has 0 aliphatic carbocycles. The Bertz CT molecular complexity index is 231. The maximum atomic E-state index is 10.6. The Morgan fingerprint density at radius 1 is 1.00 bits per heavy atom. The number of carbonyl (C=O) groups excluding carboxylic acids is 2. The maximum Gasteiger partial charge on any atom is 0.490 e. The topological polar surface area (TPSA) is 71.4 Å². The van der Waals surface area contributed by atoms with Crippen LogP contribution < -0.4 is 0 Å². The number of hydrogen-bond acceptors (Lipinski definition) is 3. The lowest BCUT2D eigenvalue weighted by atomic mass is 10.2. The first-order valence-electron chi connectivity index (χ1n) is 3.86. The molecule has 0 rings (SSSR count). The molecule has 0 aromatic rings. The van der Waals surface area contributed by atoms with Gasteiger partial charge in [0.1, 0.15) is 11.6 Å². The number of ketones is 2. The molecule has 0 radical (unpaired) electrons. The number of carboxylic acids is 1. The Morgan fingerprint density at radius 2 is 1.20 bits per heavy atom. The number of Topliss-reactive ketones (excluding diaryl/α,β-unsaturated/α-hetero) is 2. The number of halogens is 3. The van der Waals surface area contributed by atoms with E-state index >= 15 is 0 Å². The van der Waals surface area contributed by atoms with E-state index in [0.717, 1.165) is 0 Å². The van der Waals surface area contributed by atoms with Crippen molar-refractivity contribution in [1.29, 1.82) is 0 Å². The fourth-order valence-electron chi connectivity index (χ4n) is 0.352. The van der Waals surface area contributed by atoms with E-state index in [-0.39, 0.29) is 11.6 Å². The molecule has 0 aromatic carbocycles. The molecule has 0 bridgehead atoms. The Morgan fingerprint density at radius 3 is 1.27 bits per heavy atom. The standard InChI is InChI=1S/C6H10O2.C2HF3O2/c1-5(7)3-4-6(2)8;3-2(4,5)1(6)7/h3-4H2,1-2H3;(H,6,7).